The lowest BCUT2D eigenvalue weighted by Crippen LogP contribution is -2.45. The zero-order valence-electron chi connectivity index (χ0n) is 11.9. The molecule has 2 N–H and O–H groups in total. The summed E-state index contributed by atoms with van der Waals surface area (Å²) in [5.74, 6) is 0.828. The molecule has 0 aromatic heterocycles. The Morgan fingerprint density at radius 3 is 2.39 bits per heavy atom. The van der Waals surface area contributed by atoms with Crippen LogP contribution in [0.4, 0.5) is 0 Å². The van der Waals surface area contributed by atoms with E-state index in [2.05, 4.69) is 15.6 Å². The van der Waals surface area contributed by atoms with Crippen molar-refractivity contribution in [3.05, 3.63) is 0 Å². The van der Waals surface area contributed by atoms with Crippen LogP contribution in [-0.4, -0.2) is 59.2 Å². The molecule has 18 heavy (non-hydrogen) atoms. The number of sulfone groups is 1. The van der Waals surface area contributed by atoms with E-state index in [1.54, 1.807) is 14.2 Å². The van der Waals surface area contributed by atoms with E-state index in [-0.39, 0.29) is 11.4 Å². The van der Waals surface area contributed by atoms with Crippen molar-refractivity contribution in [1.29, 1.82) is 0 Å². The van der Waals surface area contributed by atoms with Crippen LogP contribution in [-0.2, 0) is 14.6 Å². The SMILES string of the molecule is CN=C(NCCCS(C)(=O)=O)NCC(C)(C)OC. The standard InChI is InChI=1S/C11H25N3O3S/c1-11(2,17-4)9-14-10(12-3)13-7-6-8-18(5,15)16/h6-9H2,1-5H3,(H2,12,13,14). The average molecular weight is 279 g/mol. The molecule has 0 aromatic rings. The van der Waals surface area contributed by atoms with E-state index in [0.29, 0.717) is 25.5 Å². The van der Waals surface area contributed by atoms with Crippen LogP contribution in [0.3, 0.4) is 0 Å². The molecule has 0 fully saturated rings. The molecule has 0 saturated carbocycles. The zero-order valence-corrected chi connectivity index (χ0v) is 12.7. The molecule has 6 nitrogen and oxygen atoms in total. The van der Waals surface area contributed by atoms with E-state index >= 15 is 0 Å². The third-order valence-corrected chi connectivity index (χ3v) is 3.47. The summed E-state index contributed by atoms with van der Waals surface area (Å²) < 4.78 is 27.2. The molecule has 0 unspecified atom stereocenters. The molecule has 0 heterocycles. The van der Waals surface area contributed by atoms with Crippen LogP contribution in [0.2, 0.25) is 0 Å². The van der Waals surface area contributed by atoms with Crippen LogP contribution in [0.25, 0.3) is 0 Å². The lowest BCUT2D eigenvalue weighted by atomic mass is 10.1. The first kappa shape index (κ1) is 17.2. The molecule has 0 amide bonds. The molecule has 0 rings (SSSR count). The van der Waals surface area contributed by atoms with Gasteiger partial charge in [-0.3, -0.25) is 4.99 Å². The molecule has 0 aliphatic carbocycles. The number of hydrogen-bond acceptors (Lipinski definition) is 4. The Balaban J connectivity index is 3.93. The van der Waals surface area contributed by atoms with Gasteiger partial charge < -0.3 is 15.4 Å². The van der Waals surface area contributed by atoms with E-state index in [4.69, 9.17) is 4.74 Å². The van der Waals surface area contributed by atoms with E-state index in [1.165, 1.54) is 6.26 Å². The number of hydrogen-bond donors (Lipinski definition) is 2. The van der Waals surface area contributed by atoms with Crippen LogP contribution < -0.4 is 10.6 Å². The van der Waals surface area contributed by atoms with Crippen LogP contribution >= 0.6 is 0 Å². The molecule has 0 spiro atoms. The number of guanidine groups is 1. The van der Waals surface area contributed by atoms with E-state index in [0.717, 1.165) is 0 Å². The Morgan fingerprint density at radius 2 is 1.94 bits per heavy atom. The Labute approximate surface area is 110 Å². The van der Waals surface area contributed by atoms with Gasteiger partial charge in [0.1, 0.15) is 9.84 Å². The van der Waals surface area contributed by atoms with E-state index in [1.807, 2.05) is 13.8 Å². The summed E-state index contributed by atoms with van der Waals surface area (Å²) in [5, 5.41) is 6.18. The Kier molecular flexibility index (Phi) is 7.23. The number of nitrogens with zero attached hydrogens (tertiary/aromatic N) is 1. The maximum atomic E-state index is 11.0. The number of ether oxygens (including phenoxy) is 1. The summed E-state index contributed by atoms with van der Waals surface area (Å²) in [6.07, 6.45) is 1.80. The third-order valence-electron chi connectivity index (χ3n) is 2.44. The number of aliphatic imine (C=N–C) groups is 1. The minimum Gasteiger partial charge on any atom is -0.377 e. The summed E-state index contributed by atoms with van der Waals surface area (Å²) in [4.78, 5) is 4.05. The predicted octanol–water partition coefficient (Wildman–Crippen LogP) is 0.0111. The van der Waals surface area contributed by atoms with Crippen molar-refractivity contribution in [3.63, 3.8) is 0 Å². The summed E-state index contributed by atoms with van der Waals surface area (Å²) in [5.41, 5.74) is -0.273. The van der Waals surface area contributed by atoms with Gasteiger partial charge >= 0.3 is 0 Å². The highest BCUT2D eigenvalue weighted by Crippen LogP contribution is 2.04. The smallest absolute Gasteiger partial charge is 0.191 e. The summed E-state index contributed by atoms with van der Waals surface area (Å²) in [7, 11) is 0.440. The summed E-state index contributed by atoms with van der Waals surface area (Å²) in [6.45, 7) is 5.13. The maximum Gasteiger partial charge on any atom is 0.191 e. The molecule has 0 radical (unpaired) electrons. The first-order valence-corrected chi connectivity index (χ1v) is 7.93. The number of rotatable bonds is 7. The van der Waals surface area contributed by atoms with Crippen LogP contribution in [0.1, 0.15) is 20.3 Å². The van der Waals surface area contributed by atoms with Crippen molar-refractivity contribution >= 4 is 15.8 Å². The lowest BCUT2D eigenvalue weighted by molar-refractivity contribution is 0.0268. The van der Waals surface area contributed by atoms with Gasteiger partial charge in [-0.15, -0.1) is 0 Å². The van der Waals surface area contributed by atoms with Gasteiger partial charge in [0, 0.05) is 33.5 Å². The summed E-state index contributed by atoms with van der Waals surface area (Å²) >= 11 is 0. The van der Waals surface area contributed by atoms with Gasteiger partial charge in [-0.1, -0.05) is 0 Å². The monoisotopic (exact) mass is 279 g/mol. The predicted molar refractivity (Wildman–Crippen MR) is 74.8 cm³/mol. The summed E-state index contributed by atoms with van der Waals surface area (Å²) in [6, 6.07) is 0. The van der Waals surface area contributed by atoms with Gasteiger partial charge in [0.15, 0.2) is 5.96 Å². The van der Waals surface area contributed by atoms with Gasteiger partial charge in [-0.2, -0.15) is 0 Å². The van der Waals surface area contributed by atoms with Crippen molar-refractivity contribution in [2.45, 2.75) is 25.9 Å². The largest absolute Gasteiger partial charge is 0.377 e. The molecular weight excluding hydrogens is 254 g/mol. The maximum absolute atomic E-state index is 11.0. The Hall–Kier alpha value is -0.820. The highest BCUT2D eigenvalue weighted by atomic mass is 32.2. The molecule has 7 heteroatoms. The van der Waals surface area contributed by atoms with Gasteiger partial charge in [0.05, 0.1) is 11.4 Å². The van der Waals surface area contributed by atoms with Crippen LogP contribution in [0, 0.1) is 0 Å². The molecule has 0 bridgehead atoms. The van der Waals surface area contributed by atoms with E-state index in [9.17, 15) is 8.42 Å². The second-order valence-corrected chi connectivity index (χ2v) is 7.06. The number of nitrogens with one attached hydrogen (secondary N) is 2. The van der Waals surface area contributed by atoms with E-state index < -0.39 is 9.84 Å². The molecule has 108 valence electrons. The minimum absolute atomic E-state index is 0.181. The second-order valence-electron chi connectivity index (χ2n) is 4.80. The fourth-order valence-electron chi connectivity index (χ4n) is 1.13. The zero-order chi connectivity index (χ0) is 14.2. The van der Waals surface area contributed by atoms with Crippen LogP contribution in [0.15, 0.2) is 4.99 Å². The quantitative estimate of drug-likeness (QED) is 0.390. The van der Waals surface area contributed by atoms with Crippen molar-refractivity contribution < 1.29 is 13.2 Å². The second kappa shape index (κ2) is 7.58. The molecule has 0 aromatic carbocycles. The highest BCUT2D eigenvalue weighted by Gasteiger charge is 2.16. The van der Waals surface area contributed by atoms with Gasteiger partial charge in [-0.05, 0) is 20.3 Å². The van der Waals surface area contributed by atoms with Gasteiger partial charge in [0.2, 0.25) is 0 Å². The van der Waals surface area contributed by atoms with Crippen molar-refractivity contribution in [2.75, 3.05) is 39.3 Å². The average Bonchev–Trinajstić information content (AvgIpc) is 2.27. The first-order valence-electron chi connectivity index (χ1n) is 5.87. The van der Waals surface area contributed by atoms with Gasteiger partial charge in [-0.25, -0.2) is 8.42 Å². The van der Waals surface area contributed by atoms with Crippen molar-refractivity contribution in [3.8, 4) is 0 Å². The minimum atomic E-state index is -2.89. The van der Waals surface area contributed by atoms with Crippen LogP contribution in [0.5, 0.6) is 0 Å². The first-order chi connectivity index (χ1) is 8.20. The molecular formula is C11H25N3O3S. The molecule has 0 aliphatic heterocycles. The number of methoxy groups -OCH3 is 1. The molecule has 0 atom stereocenters. The normalized spacial score (nSPS) is 13.5. The Bertz CT molecular complexity index is 364. The molecule has 0 saturated heterocycles. The fourth-order valence-corrected chi connectivity index (χ4v) is 1.80. The fraction of sp³-hybridized carbons (Fsp3) is 0.909. The van der Waals surface area contributed by atoms with Gasteiger partial charge in [0.25, 0.3) is 0 Å². The van der Waals surface area contributed by atoms with Crippen molar-refractivity contribution in [1.82, 2.24) is 10.6 Å². The lowest BCUT2D eigenvalue weighted by Gasteiger charge is -2.24. The highest BCUT2D eigenvalue weighted by molar-refractivity contribution is 7.90. The van der Waals surface area contributed by atoms with Crippen molar-refractivity contribution in [2.24, 2.45) is 4.99 Å². The topological polar surface area (TPSA) is 79.8 Å². The Morgan fingerprint density at radius 1 is 1.33 bits per heavy atom. The molecule has 0 aliphatic rings. The third kappa shape index (κ3) is 9.23.